The fourth-order valence-electron chi connectivity index (χ4n) is 1.42. The third kappa shape index (κ3) is 2.10. The zero-order chi connectivity index (χ0) is 10.8. The van der Waals surface area contributed by atoms with E-state index in [0.717, 1.165) is 16.8 Å². The van der Waals surface area contributed by atoms with E-state index in [1.165, 1.54) is 0 Å². The largest absolute Gasteiger partial charge is 0.398 e. The number of halogens is 1. The van der Waals surface area contributed by atoms with Gasteiger partial charge in [-0.1, -0.05) is 23.7 Å². The second-order valence-corrected chi connectivity index (χ2v) is 3.86. The normalized spacial score (nSPS) is 10.3. The molecule has 0 fully saturated rings. The lowest BCUT2D eigenvalue weighted by Crippen LogP contribution is -1.90. The van der Waals surface area contributed by atoms with Crippen molar-refractivity contribution in [3.05, 3.63) is 47.2 Å². The zero-order valence-corrected chi connectivity index (χ0v) is 9.12. The Morgan fingerprint density at radius 3 is 2.60 bits per heavy atom. The first-order chi connectivity index (χ1) is 7.16. The van der Waals surface area contributed by atoms with Crippen LogP contribution in [-0.2, 0) is 0 Å². The van der Waals surface area contributed by atoms with Crippen molar-refractivity contribution in [2.24, 2.45) is 0 Å². The second-order valence-electron chi connectivity index (χ2n) is 3.42. The summed E-state index contributed by atoms with van der Waals surface area (Å²) in [5, 5.41) is 0.649. The second kappa shape index (κ2) is 3.91. The lowest BCUT2D eigenvalue weighted by Gasteiger charge is -2.05. The highest BCUT2D eigenvalue weighted by Crippen LogP contribution is 2.27. The maximum absolute atomic E-state index is 5.88. The van der Waals surface area contributed by atoms with Crippen molar-refractivity contribution in [3.8, 4) is 11.1 Å². The molecule has 0 atom stereocenters. The third-order valence-corrected chi connectivity index (χ3v) is 2.47. The molecule has 0 radical (unpaired) electrons. The molecule has 76 valence electrons. The summed E-state index contributed by atoms with van der Waals surface area (Å²) in [4.78, 5) is 4.23. The zero-order valence-electron chi connectivity index (χ0n) is 8.37. The molecule has 15 heavy (non-hydrogen) atoms. The maximum Gasteiger partial charge on any atom is 0.0426 e. The number of nitrogen functional groups attached to an aromatic ring is 1. The molecule has 0 spiro atoms. The van der Waals surface area contributed by atoms with Crippen molar-refractivity contribution in [3.63, 3.8) is 0 Å². The lowest BCUT2D eigenvalue weighted by molar-refractivity contribution is 1.20. The first-order valence-corrected chi connectivity index (χ1v) is 5.02. The van der Waals surface area contributed by atoms with E-state index in [0.29, 0.717) is 10.7 Å². The van der Waals surface area contributed by atoms with Crippen molar-refractivity contribution in [1.82, 2.24) is 4.98 Å². The summed E-state index contributed by atoms with van der Waals surface area (Å²) in [5.74, 6) is 0. The summed E-state index contributed by atoms with van der Waals surface area (Å²) < 4.78 is 0. The molecule has 0 amide bonds. The number of hydrogen-bond acceptors (Lipinski definition) is 2. The fraction of sp³-hybridized carbons (Fsp3) is 0.0833. The molecular weight excluding hydrogens is 208 g/mol. The van der Waals surface area contributed by atoms with Crippen molar-refractivity contribution in [1.29, 1.82) is 0 Å². The van der Waals surface area contributed by atoms with Gasteiger partial charge in [0, 0.05) is 33.7 Å². The molecule has 1 aromatic carbocycles. The van der Waals surface area contributed by atoms with Crippen LogP contribution in [0, 0.1) is 6.92 Å². The van der Waals surface area contributed by atoms with Gasteiger partial charge in [0.15, 0.2) is 0 Å². The van der Waals surface area contributed by atoms with E-state index < -0.39 is 0 Å². The van der Waals surface area contributed by atoms with Crippen LogP contribution in [0.5, 0.6) is 0 Å². The van der Waals surface area contributed by atoms with E-state index in [9.17, 15) is 0 Å². The van der Waals surface area contributed by atoms with Crippen LogP contribution < -0.4 is 5.73 Å². The molecule has 0 saturated heterocycles. The molecule has 0 aliphatic rings. The lowest BCUT2D eigenvalue weighted by atomic mass is 10.1. The van der Waals surface area contributed by atoms with Crippen molar-refractivity contribution >= 4 is 17.3 Å². The summed E-state index contributed by atoms with van der Waals surface area (Å²) in [6, 6.07) is 9.44. The average molecular weight is 219 g/mol. The van der Waals surface area contributed by atoms with Crippen LogP contribution in [0.25, 0.3) is 11.1 Å². The average Bonchev–Trinajstić information content (AvgIpc) is 2.20. The number of rotatable bonds is 1. The van der Waals surface area contributed by atoms with E-state index in [-0.39, 0.29) is 0 Å². The topological polar surface area (TPSA) is 38.9 Å². The molecule has 1 aromatic heterocycles. The third-order valence-electron chi connectivity index (χ3n) is 2.24. The Bertz CT molecular complexity index is 477. The number of aromatic nitrogens is 1. The summed E-state index contributed by atoms with van der Waals surface area (Å²) in [7, 11) is 0. The van der Waals surface area contributed by atoms with Crippen molar-refractivity contribution < 1.29 is 0 Å². The van der Waals surface area contributed by atoms with Gasteiger partial charge in [-0.25, -0.2) is 0 Å². The van der Waals surface area contributed by atoms with Crippen LogP contribution in [0.4, 0.5) is 5.69 Å². The van der Waals surface area contributed by atoms with E-state index in [2.05, 4.69) is 4.98 Å². The molecule has 2 nitrogen and oxygen atoms in total. The molecule has 0 bridgehead atoms. The monoisotopic (exact) mass is 218 g/mol. The molecule has 0 aliphatic carbocycles. The predicted octanol–water partition coefficient (Wildman–Crippen LogP) is 3.29. The molecule has 0 saturated carbocycles. The minimum atomic E-state index is 0.649. The van der Waals surface area contributed by atoms with Crippen molar-refractivity contribution in [2.45, 2.75) is 6.92 Å². The van der Waals surface area contributed by atoms with Gasteiger partial charge in [-0.15, -0.1) is 0 Å². The number of nitrogens with two attached hydrogens (primary N) is 1. The van der Waals surface area contributed by atoms with Gasteiger partial charge < -0.3 is 5.73 Å². The molecule has 0 aliphatic heterocycles. The summed E-state index contributed by atoms with van der Waals surface area (Å²) >= 11 is 5.83. The Labute approximate surface area is 93.7 Å². The van der Waals surface area contributed by atoms with Gasteiger partial charge >= 0.3 is 0 Å². The summed E-state index contributed by atoms with van der Waals surface area (Å²) in [6.45, 7) is 1.95. The number of aryl methyl sites for hydroxylation is 1. The van der Waals surface area contributed by atoms with Gasteiger partial charge in [0.2, 0.25) is 0 Å². The van der Waals surface area contributed by atoms with Crippen LogP contribution >= 0.6 is 11.6 Å². The maximum atomic E-state index is 5.88. The number of nitrogens with zero attached hydrogens (tertiary/aromatic N) is 1. The number of hydrogen-bond donors (Lipinski definition) is 1. The molecule has 2 rings (SSSR count). The Morgan fingerprint density at radius 1 is 1.20 bits per heavy atom. The van der Waals surface area contributed by atoms with Gasteiger partial charge in [-0.05, 0) is 25.1 Å². The molecular formula is C12H11ClN2. The fourth-order valence-corrected chi connectivity index (χ4v) is 1.60. The SMILES string of the molecule is Cc1ccc(-c2ccc(Cl)cc2N)cn1. The Kier molecular flexibility index (Phi) is 2.60. The van der Waals surface area contributed by atoms with Gasteiger partial charge in [-0.2, -0.15) is 0 Å². The van der Waals surface area contributed by atoms with E-state index in [4.69, 9.17) is 17.3 Å². The molecule has 2 N–H and O–H groups in total. The first kappa shape index (κ1) is 9.99. The highest BCUT2D eigenvalue weighted by Gasteiger charge is 2.02. The van der Waals surface area contributed by atoms with Gasteiger partial charge in [0.1, 0.15) is 0 Å². The molecule has 2 aromatic rings. The summed E-state index contributed by atoms with van der Waals surface area (Å²) in [5.41, 5.74) is 9.52. The predicted molar refractivity (Wildman–Crippen MR) is 63.8 cm³/mol. The van der Waals surface area contributed by atoms with Gasteiger partial charge in [0.25, 0.3) is 0 Å². The molecule has 3 heteroatoms. The summed E-state index contributed by atoms with van der Waals surface area (Å²) in [6.07, 6.45) is 1.81. The minimum Gasteiger partial charge on any atom is -0.398 e. The first-order valence-electron chi connectivity index (χ1n) is 4.65. The van der Waals surface area contributed by atoms with Gasteiger partial charge in [0.05, 0.1) is 0 Å². The van der Waals surface area contributed by atoms with E-state index in [1.54, 1.807) is 6.07 Å². The van der Waals surface area contributed by atoms with E-state index >= 15 is 0 Å². The minimum absolute atomic E-state index is 0.649. The Morgan fingerprint density at radius 2 is 2.00 bits per heavy atom. The van der Waals surface area contributed by atoms with Crippen LogP contribution in [0.1, 0.15) is 5.69 Å². The van der Waals surface area contributed by atoms with Crippen LogP contribution in [0.15, 0.2) is 36.5 Å². The standard InChI is InChI=1S/C12H11ClN2/c1-8-2-3-9(7-15-8)11-5-4-10(13)6-12(11)14/h2-7H,14H2,1H3. The number of pyridine rings is 1. The van der Waals surface area contributed by atoms with Crippen LogP contribution in [0.2, 0.25) is 5.02 Å². The highest BCUT2D eigenvalue weighted by atomic mass is 35.5. The quantitative estimate of drug-likeness (QED) is 0.746. The Balaban J connectivity index is 2.49. The molecule has 1 heterocycles. The molecule has 0 unspecified atom stereocenters. The van der Waals surface area contributed by atoms with Gasteiger partial charge in [-0.3, -0.25) is 4.98 Å². The Hall–Kier alpha value is -1.54. The van der Waals surface area contributed by atoms with Crippen LogP contribution in [-0.4, -0.2) is 4.98 Å². The van der Waals surface area contributed by atoms with Crippen LogP contribution in [0.3, 0.4) is 0 Å². The van der Waals surface area contributed by atoms with Crippen molar-refractivity contribution in [2.75, 3.05) is 5.73 Å². The smallest absolute Gasteiger partial charge is 0.0426 e. The number of benzene rings is 1. The highest BCUT2D eigenvalue weighted by molar-refractivity contribution is 6.31. The number of anilines is 1. The van der Waals surface area contributed by atoms with E-state index in [1.807, 2.05) is 37.4 Å².